The Balaban J connectivity index is 1.99. The summed E-state index contributed by atoms with van der Waals surface area (Å²) in [4.78, 5) is 14.1. The van der Waals surface area contributed by atoms with Gasteiger partial charge in [0.05, 0.1) is 6.42 Å². The van der Waals surface area contributed by atoms with E-state index in [4.69, 9.17) is 5.73 Å². The number of halogens is 1. The monoisotopic (exact) mass is 296 g/mol. The molecule has 1 aromatic carbocycles. The lowest BCUT2D eigenvalue weighted by atomic mass is 10.1. The van der Waals surface area contributed by atoms with Crippen molar-refractivity contribution in [3.63, 3.8) is 0 Å². The lowest BCUT2D eigenvalue weighted by molar-refractivity contribution is -0.131. The smallest absolute Gasteiger partial charge is 0.227 e. The SMILES string of the molecule is NCC1CCCN1C(=O)Cc1ccc(Br)cc1. The number of hydrogen-bond donors (Lipinski definition) is 1. The molecule has 1 saturated heterocycles. The normalized spacial score (nSPS) is 19.6. The van der Waals surface area contributed by atoms with Crippen molar-refractivity contribution >= 4 is 21.8 Å². The molecule has 1 amide bonds. The molecule has 3 nitrogen and oxygen atoms in total. The molecule has 1 heterocycles. The Hall–Kier alpha value is -0.870. The molecule has 1 fully saturated rings. The Morgan fingerprint density at radius 2 is 2.12 bits per heavy atom. The number of likely N-dealkylation sites (tertiary alicyclic amines) is 1. The number of amides is 1. The van der Waals surface area contributed by atoms with E-state index in [1.54, 1.807) is 0 Å². The number of carbonyl (C=O) groups excluding carboxylic acids is 1. The highest BCUT2D eigenvalue weighted by atomic mass is 79.9. The van der Waals surface area contributed by atoms with Gasteiger partial charge in [0.25, 0.3) is 0 Å². The van der Waals surface area contributed by atoms with Crippen molar-refractivity contribution in [2.75, 3.05) is 13.1 Å². The molecule has 1 unspecified atom stereocenters. The summed E-state index contributed by atoms with van der Waals surface area (Å²) in [6.07, 6.45) is 2.60. The van der Waals surface area contributed by atoms with Gasteiger partial charge in [-0.2, -0.15) is 0 Å². The van der Waals surface area contributed by atoms with Gasteiger partial charge in [0, 0.05) is 23.6 Å². The third-order valence-corrected chi connectivity index (χ3v) is 3.77. The van der Waals surface area contributed by atoms with E-state index >= 15 is 0 Å². The van der Waals surface area contributed by atoms with Gasteiger partial charge in [0.1, 0.15) is 0 Å². The van der Waals surface area contributed by atoms with Crippen LogP contribution in [0, 0.1) is 0 Å². The van der Waals surface area contributed by atoms with E-state index in [9.17, 15) is 4.79 Å². The second kappa shape index (κ2) is 5.65. The topological polar surface area (TPSA) is 46.3 Å². The lowest BCUT2D eigenvalue weighted by Gasteiger charge is -2.23. The van der Waals surface area contributed by atoms with Gasteiger partial charge < -0.3 is 10.6 Å². The van der Waals surface area contributed by atoms with E-state index in [1.807, 2.05) is 29.2 Å². The fourth-order valence-electron chi connectivity index (χ4n) is 2.29. The minimum Gasteiger partial charge on any atom is -0.338 e. The second-order valence-electron chi connectivity index (χ2n) is 4.42. The van der Waals surface area contributed by atoms with Crippen LogP contribution in [0.5, 0.6) is 0 Å². The summed E-state index contributed by atoms with van der Waals surface area (Å²) in [5.41, 5.74) is 6.73. The third-order valence-electron chi connectivity index (χ3n) is 3.24. The fourth-order valence-corrected chi connectivity index (χ4v) is 2.55. The summed E-state index contributed by atoms with van der Waals surface area (Å²) in [6.45, 7) is 1.43. The van der Waals surface area contributed by atoms with Gasteiger partial charge >= 0.3 is 0 Å². The number of nitrogens with two attached hydrogens (primary N) is 1. The Kier molecular flexibility index (Phi) is 4.18. The van der Waals surface area contributed by atoms with Crippen LogP contribution in [0.4, 0.5) is 0 Å². The number of nitrogens with zero attached hydrogens (tertiary/aromatic N) is 1. The van der Waals surface area contributed by atoms with Gasteiger partial charge in [-0.15, -0.1) is 0 Å². The fraction of sp³-hybridized carbons (Fsp3) is 0.462. The first-order valence-electron chi connectivity index (χ1n) is 5.94. The summed E-state index contributed by atoms with van der Waals surface area (Å²) in [5.74, 6) is 0.195. The van der Waals surface area contributed by atoms with Crippen LogP contribution in [0.2, 0.25) is 0 Å². The van der Waals surface area contributed by atoms with Crippen LogP contribution >= 0.6 is 15.9 Å². The van der Waals surface area contributed by atoms with E-state index in [-0.39, 0.29) is 11.9 Å². The van der Waals surface area contributed by atoms with Crippen LogP contribution in [-0.2, 0) is 11.2 Å². The molecule has 0 spiro atoms. The van der Waals surface area contributed by atoms with Crippen LogP contribution in [0.1, 0.15) is 18.4 Å². The maximum atomic E-state index is 12.1. The van der Waals surface area contributed by atoms with Gasteiger partial charge in [-0.3, -0.25) is 4.79 Å². The average Bonchev–Trinajstić information content (AvgIpc) is 2.80. The van der Waals surface area contributed by atoms with Gasteiger partial charge in [-0.05, 0) is 30.5 Å². The van der Waals surface area contributed by atoms with Crippen LogP contribution in [0.25, 0.3) is 0 Å². The second-order valence-corrected chi connectivity index (χ2v) is 5.34. The van der Waals surface area contributed by atoms with Crippen molar-refractivity contribution < 1.29 is 4.79 Å². The molecule has 0 bridgehead atoms. The molecule has 4 heteroatoms. The zero-order valence-corrected chi connectivity index (χ0v) is 11.3. The predicted octanol–water partition coefficient (Wildman–Crippen LogP) is 1.94. The zero-order valence-electron chi connectivity index (χ0n) is 9.73. The lowest BCUT2D eigenvalue weighted by Crippen LogP contribution is -2.40. The van der Waals surface area contributed by atoms with Crippen LogP contribution in [0.15, 0.2) is 28.7 Å². The molecule has 2 rings (SSSR count). The van der Waals surface area contributed by atoms with E-state index in [1.165, 1.54) is 0 Å². The molecule has 92 valence electrons. The van der Waals surface area contributed by atoms with Gasteiger partial charge in [-0.1, -0.05) is 28.1 Å². The van der Waals surface area contributed by atoms with E-state index in [0.717, 1.165) is 29.4 Å². The molecule has 0 radical (unpaired) electrons. The molecule has 2 N–H and O–H groups in total. The molecule has 1 aromatic rings. The Bertz CT molecular complexity index is 391. The van der Waals surface area contributed by atoms with Crippen LogP contribution in [0.3, 0.4) is 0 Å². The molecule has 17 heavy (non-hydrogen) atoms. The molecular weight excluding hydrogens is 280 g/mol. The molecule has 1 aliphatic rings. The number of benzene rings is 1. The van der Waals surface area contributed by atoms with Gasteiger partial charge in [-0.25, -0.2) is 0 Å². The third kappa shape index (κ3) is 3.07. The Morgan fingerprint density at radius 3 is 2.76 bits per heavy atom. The summed E-state index contributed by atoms with van der Waals surface area (Å²) < 4.78 is 1.04. The summed E-state index contributed by atoms with van der Waals surface area (Å²) >= 11 is 3.39. The van der Waals surface area contributed by atoms with Crippen molar-refractivity contribution in [1.29, 1.82) is 0 Å². The van der Waals surface area contributed by atoms with Crippen LogP contribution < -0.4 is 5.73 Å². The van der Waals surface area contributed by atoms with Crippen molar-refractivity contribution in [2.24, 2.45) is 5.73 Å². The first kappa shape index (κ1) is 12.6. The maximum absolute atomic E-state index is 12.1. The van der Waals surface area contributed by atoms with Crippen molar-refractivity contribution in [2.45, 2.75) is 25.3 Å². The molecule has 1 aliphatic heterocycles. The molecule has 0 aromatic heterocycles. The standard InChI is InChI=1S/C13H17BrN2O/c14-11-5-3-10(4-6-11)8-13(17)16-7-1-2-12(16)9-15/h3-6,12H,1-2,7-9,15H2. The van der Waals surface area contributed by atoms with Crippen LogP contribution in [-0.4, -0.2) is 29.9 Å². The van der Waals surface area contributed by atoms with Crippen molar-refractivity contribution in [1.82, 2.24) is 4.90 Å². The van der Waals surface area contributed by atoms with E-state index in [2.05, 4.69) is 15.9 Å². The first-order valence-corrected chi connectivity index (χ1v) is 6.74. The number of rotatable bonds is 3. The molecule has 0 saturated carbocycles. The van der Waals surface area contributed by atoms with E-state index < -0.39 is 0 Å². The number of carbonyl (C=O) groups is 1. The minimum atomic E-state index is 0.195. The molecule has 1 atom stereocenters. The Morgan fingerprint density at radius 1 is 1.41 bits per heavy atom. The van der Waals surface area contributed by atoms with Crippen molar-refractivity contribution in [3.05, 3.63) is 34.3 Å². The molecular formula is C13H17BrN2O. The number of hydrogen-bond acceptors (Lipinski definition) is 2. The Labute approximate surface area is 110 Å². The summed E-state index contributed by atoms with van der Waals surface area (Å²) in [5, 5.41) is 0. The molecule has 0 aliphatic carbocycles. The van der Waals surface area contributed by atoms with Crippen molar-refractivity contribution in [3.8, 4) is 0 Å². The minimum absolute atomic E-state index is 0.195. The summed E-state index contributed by atoms with van der Waals surface area (Å²) in [6, 6.07) is 8.14. The maximum Gasteiger partial charge on any atom is 0.227 e. The largest absolute Gasteiger partial charge is 0.338 e. The quantitative estimate of drug-likeness (QED) is 0.927. The highest BCUT2D eigenvalue weighted by molar-refractivity contribution is 9.10. The zero-order chi connectivity index (χ0) is 12.3. The van der Waals surface area contributed by atoms with E-state index in [0.29, 0.717) is 13.0 Å². The first-order chi connectivity index (χ1) is 8.20. The predicted molar refractivity (Wildman–Crippen MR) is 71.6 cm³/mol. The highest BCUT2D eigenvalue weighted by Crippen LogP contribution is 2.18. The highest BCUT2D eigenvalue weighted by Gasteiger charge is 2.27. The summed E-state index contributed by atoms with van der Waals surface area (Å²) in [7, 11) is 0. The van der Waals surface area contributed by atoms with Gasteiger partial charge in [0.2, 0.25) is 5.91 Å². The average molecular weight is 297 g/mol. The van der Waals surface area contributed by atoms with Gasteiger partial charge in [0.15, 0.2) is 0 Å².